The molecule has 1 N–H and O–H groups in total. The van der Waals surface area contributed by atoms with Crippen LogP contribution in [0.3, 0.4) is 0 Å². The highest BCUT2D eigenvalue weighted by atomic mass is 79.9. The summed E-state index contributed by atoms with van der Waals surface area (Å²) in [6.07, 6.45) is 1.02. The Labute approximate surface area is 110 Å². The van der Waals surface area contributed by atoms with Gasteiger partial charge in [-0.15, -0.1) is 0 Å². The minimum Gasteiger partial charge on any atom is -0.352 e. The van der Waals surface area contributed by atoms with Crippen LogP contribution in [0.15, 0.2) is 18.2 Å². The van der Waals surface area contributed by atoms with Crippen molar-refractivity contribution in [2.24, 2.45) is 5.92 Å². The molecule has 0 aromatic heterocycles. The fourth-order valence-corrected chi connectivity index (χ4v) is 2.22. The van der Waals surface area contributed by atoms with E-state index in [2.05, 4.69) is 28.2 Å². The number of rotatable bonds is 5. The van der Waals surface area contributed by atoms with Gasteiger partial charge in [0, 0.05) is 17.4 Å². The molecule has 0 saturated carbocycles. The van der Waals surface area contributed by atoms with E-state index in [1.807, 2.05) is 0 Å². The zero-order chi connectivity index (χ0) is 12.8. The van der Waals surface area contributed by atoms with Gasteiger partial charge < -0.3 is 5.32 Å². The fourth-order valence-electron chi connectivity index (χ4n) is 1.44. The van der Waals surface area contributed by atoms with Crippen molar-refractivity contribution >= 4 is 21.8 Å². The van der Waals surface area contributed by atoms with Crippen LogP contribution in [-0.4, -0.2) is 17.8 Å². The van der Waals surface area contributed by atoms with Gasteiger partial charge in [-0.3, -0.25) is 4.79 Å². The van der Waals surface area contributed by atoms with Crippen molar-refractivity contribution in [3.63, 3.8) is 0 Å². The molecule has 17 heavy (non-hydrogen) atoms. The van der Waals surface area contributed by atoms with E-state index >= 15 is 0 Å². The Kier molecular flexibility index (Phi) is 5.62. The zero-order valence-electron chi connectivity index (χ0n) is 10.1. The van der Waals surface area contributed by atoms with Crippen LogP contribution in [0.5, 0.6) is 0 Å². The van der Waals surface area contributed by atoms with Gasteiger partial charge in [0.05, 0.1) is 0 Å². The van der Waals surface area contributed by atoms with Gasteiger partial charge in [-0.25, -0.2) is 4.39 Å². The van der Waals surface area contributed by atoms with Crippen LogP contribution in [0.25, 0.3) is 0 Å². The number of alkyl halides is 1. The Morgan fingerprint density at radius 3 is 2.82 bits per heavy atom. The van der Waals surface area contributed by atoms with Gasteiger partial charge >= 0.3 is 0 Å². The lowest BCUT2D eigenvalue weighted by molar-refractivity contribution is 0.0948. The molecule has 0 bridgehead atoms. The maximum Gasteiger partial charge on any atom is 0.251 e. The molecule has 94 valence electrons. The van der Waals surface area contributed by atoms with Gasteiger partial charge in [-0.1, -0.05) is 22.9 Å². The van der Waals surface area contributed by atoms with Gasteiger partial charge in [0.2, 0.25) is 0 Å². The van der Waals surface area contributed by atoms with Crippen LogP contribution in [0, 0.1) is 18.7 Å². The SMILES string of the molecule is Cc1cc(C(=O)NCC(C)CCBr)ccc1F. The van der Waals surface area contributed by atoms with Crippen LogP contribution >= 0.6 is 15.9 Å². The summed E-state index contributed by atoms with van der Waals surface area (Å²) in [7, 11) is 0. The average Bonchev–Trinajstić information content (AvgIpc) is 2.30. The molecule has 0 spiro atoms. The van der Waals surface area contributed by atoms with Crippen LogP contribution in [0.4, 0.5) is 4.39 Å². The zero-order valence-corrected chi connectivity index (χ0v) is 11.7. The van der Waals surface area contributed by atoms with Crippen molar-refractivity contribution in [2.75, 3.05) is 11.9 Å². The second-order valence-corrected chi connectivity index (χ2v) is 5.05. The lowest BCUT2D eigenvalue weighted by Gasteiger charge is -2.11. The smallest absolute Gasteiger partial charge is 0.251 e. The maximum atomic E-state index is 13.0. The van der Waals surface area contributed by atoms with E-state index in [1.54, 1.807) is 13.0 Å². The number of hydrogen-bond donors (Lipinski definition) is 1. The van der Waals surface area contributed by atoms with Crippen molar-refractivity contribution in [1.29, 1.82) is 0 Å². The maximum absolute atomic E-state index is 13.0. The first-order chi connectivity index (χ1) is 8.04. The standard InChI is InChI=1S/C13H17BrFNO/c1-9(5-6-14)8-16-13(17)11-3-4-12(15)10(2)7-11/h3-4,7,9H,5-6,8H2,1-2H3,(H,16,17). The summed E-state index contributed by atoms with van der Waals surface area (Å²) in [6.45, 7) is 4.37. The summed E-state index contributed by atoms with van der Waals surface area (Å²) in [6, 6.07) is 4.40. The van der Waals surface area contributed by atoms with Crippen molar-refractivity contribution in [3.05, 3.63) is 35.1 Å². The molecule has 0 aliphatic rings. The summed E-state index contributed by atoms with van der Waals surface area (Å²) >= 11 is 3.37. The van der Waals surface area contributed by atoms with Crippen molar-refractivity contribution in [2.45, 2.75) is 20.3 Å². The predicted molar refractivity (Wildman–Crippen MR) is 71.0 cm³/mol. The van der Waals surface area contributed by atoms with Crippen LogP contribution in [0.1, 0.15) is 29.3 Å². The molecule has 0 heterocycles. The molecule has 1 aromatic carbocycles. The molecule has 0 aliphatic heterocycles. The molecular formula is C13H17BrFNO. The Bertz CT molecular complexity index is 395. The Balaban J connectivity index is 2.55. The van der Waals surface area contributed by atoms with E-state index in [0.717, 1.165) is 11.8 Å². The normalized spacial score (nSPS) is 12.2. The van der Waals surface area contributed by atoms with E-state index in [9.17, 15) is 9.18 Å². The van der Waals surface area contributed by atoms with Gasteiger partial charge in [0.25, 0.3) is 5.91 Å². The van der Waals surface area contributed by atoms with Crippen molar-refractivity contribution in [3.8, 4) is 0 Å². The molecule has 1 amide bonds. The number of carbonyl (C=O) groups is 1. The molecular weight excluding hydrogens is 285 g/mol. The van der Waals surface area contributed by atoms with Crippen molar-refractivity contribution < 1.29 is 9.18 Å². The highest BCUT2D eigenvalue weighted by Gasteiger charge is 2.09. The molecule has 0 aliphatic carbocycles. The van der Waals surface area contributed by atoms with E-state index in [-0.39, 0.29) is 11.7 Å². The summed E-state index contributed by atoms with van der Waals surface area (Å²) in [5.74, 6) is 0.00333. The van der Waals surface area contributed by atoms with Crippen LogP contribution in [0.2, 0.25) is 0 Å². The number of hydrogen-bond acceptors (Lipinski definition) is 1. The Morgan fingerprint density at radius 1 is 1.53 bits per heavy atom. The molecule has 1 rings (SSSR count). The van der Waals surface area contributed by atoms with E-state index < -0.39 is 0 Å². The molecule has 4 heteroatoms. The Morgan fingerprint density at radius 2 is 2.24 bits per heavy atom. The topological polar surface area (TPSA) is 29.1 Å². The number of benzene rings is 1. The van der Waals surface area contributed by atoms with Gasteiger partial charge in [0.1, 0.15) is 5.82 Å². The average molecular weight is 302 g/mol. The number of nitrogens with one attached hydrogen (secondary N) is 1. The third-order valence-electron chi connectivity index (χ3n) is 2.63. The first kappa shape index (κ1) is 14.2. The van der Waals surface area contributed by atoms with Gasteiger partial charge in [0.15, 0.2) is 0 Å². The van der Waals surface area contributed by atoms with Crippen LogP contribution in [-0.2, 0) is 0 Å². The number of amides is 1. The first-order valence-electron chi connectivity index (χ1n) is 5.65. The fraction of sp³-hybridized carbons (Fsp3) is 0.462. The largest absolute Gasteiger partial charge is 0.352 e. The minimum absolute atomic E-state index is 0.144. The van der Waals surface area contributed by atoms with E-state index in [0.29, 0.717) is 23.6 Å². The number of carbonyl (C=O) groups excluding carboxylic acids is 1. The molecule has 2 nitrogen and oxygen atoms in total. The Hall–Kier alpha value is -0.900. The highest BCUT2D eigenvalue weighted by molar-refractivity contribution is 9.09. The summed E-state index contributed by atoms with van der Waals surface area (Å²) in [5, 5.41) is 3.78. The van der Waals surface area contributed by atoms with E-state index in [4.69, 9.17) is 0 Å². The first-order valence-corrected chi connectivity index (χ1v) is 6.77. The summed E-state index contributed by atoms with van der Waals surface area (Å²) < 4.78 is 13.0. The quantitative estimate of drug-likeness (QED) is 0.831. The molecule has 0 fully saturated rings. The number of halogens is 2. The minimum atomic E-state index is -0.283. The molecule has 0 radical (unpaired) electrons. The third kappa shape index (κ3) is 4.46. The van der Waals surface area contributed by atoms with E-state index in [1.165, 1.54) is 12.1 Å². The summed E-state index contributed by atoms with van der Waals surface area (Å²) in [4.78, 5) is 11.8. The number of aryl methyl sites for hydroxylation is 1. The molecule has 1 atom stereocenters. The third-order valence-corrected chi connectivity index (χ3v) is 3.09. The van der Waals surface area contributed by atoms with Crippen LogP contribution < -0.4 is 5.32 Å². The monoisotopic (exact) mass is 301 g/mol. The van der Waals surface area contributed by atoms with Crippen molar-refractivity contribution in [1.82, 2.24) is 5.32 Å². The molecule has 0 saturated heterocycles. The molecule has 1 unspecified atom stereocenters. The predicted octanol–water partition coefficient (Wildman–Crippen LogP) is 3.29. The molecule has 1 aromatic rings. The second-order valence-electron chi connectivity index (χ2n) is 4.26. The summed E-state index contributed by atoms with van der Waals surface area (Å²) in [5.41, 5.74) is 1.00. The lowest BCUT2D eigenvalue weighted by atomic mass is 10.1. The lowest BCUT2D eigenvalue weighted by Crippen LogP contribution is -2.28. The highest BCUT2D eigenvalue weighted by Crippen LogP contribution is 2.09. The van der Waals surface area contributed by atoms with Gasteiger partial charge in [-0.2, -0.15) is 0 Å². The van der Waals surface area contributed by atoms with Gasteiger partial charge in [-0.05, 0) is 43.0 Å². The second kappa shape index (κ2) is 6.74.